The van der Waals surface area contributed by atoms with Crippen LogP contribution in [-0.4, -0.2) is 18.4 Å². The minimum absolute atomic E-state index is 0.0230. The molecule has 0 amide bonds. The highest BCUT2D eigenvalue weighted by atomic mass is 16.5. The Bertz CT molecular complexity index is 606. The average Bonchev–Trinajstić information content (AvgIpc) is 2.67. The van der Waals surface area contributed by atoms with Gasteiger partial charge in [-0.3, -0.25) is 4.79 Å². The van der Waals surface area contributed by atoms with Crippen molar-refractivity contribution in [2.24, 2.45) is 0 Å². The van der Waals surface area contributed by atoms with Gasteiger partial charge in [0, 0.05) is 0 Å². The van der Waals surface area contributed by atoms with Crippen molar-refractivity contribution in [2.45, 2.75) is 20.8 Å². The molecule has 0 atom stereocenters. The van der Waals surface area contributed by atoms with E-state index in [0.717, 1.165) is 11.1 Å². The van der Waals surface area contributed by atoms with Crippen LogP contribution < -0.4 is 0 Å². The first-order valence-electron chi connectivity index (χ1n) is 6.42. The molecular weight excluding hydrogens is 256 g/mol. The summed E-state index contributed by atoms with van der Waals surface area (Å²) in [6.07, 6.45) is 1.62. The van der Waals surface area contributed by atoms with Gasteiger partial charge < -0.3 is 9.47 Å². The Labute approximate surface area is 117 Å². The summed E-state index contributed by atoms with van der Waals surface area (Å²) in [5.41, 5.74) is 1.95. The molecule has 1 aliphatic heterocycles. The largest absolute Gasteiger partial charge is 0.462 e. The lowest BCUT2D eigenvalue weighted by atomic mass is 10.1. The van der Waals surface area contributed by atoms with E-state index in [1.165, 1.54) is 0 Å². The molecule has 0 N–H and O–H groups in total. The van der Waals surface area contributed by atoms with Crippen LogP contribution in [-0.2, 0) is 19.1 Å². The van der Waals surface area contributed by atoms with Crippen molar-refractivity contribution >= 4 is 17.8 Å². The molecule has 0 saturated heterocycles. The summed E-state index contributed by atoms with van der Waals surface area (Å²) in [6, 6.07) is 7.66. The molecule has 0 fully saturated rings. The van der Waals surface area contributed by atoms with Gasteiger partial charge >= 0.3 is 5.97 Å². The first-order chi connectivity index (χ1) is 9.52. The zero-order valence-corrected chi connectivity index (χ0v) is 11.7. The summed E-state index contributed by atoms with van der Waals surface area (Å²) in [5, 5.41) is 0. The third-order valence-electron chi connectivity index (χ3n) is 2.92. The number of benzene rings is 1. The zero-order chi connectivity index (χ0) is 14.7. The molecule has 1 heterocycles. The fourth-order valence-electron chi connectivity index (χ4n) is 1.89. The van der Waals surface area contributed by atoms with Gasteiger partial charge in [-0.1, -0.05) is 29.8 Å². The van der Waals surface area contributed by atoms with E-state index >= 15 is 0 Å². The van der Waals surface area contributed by atoms with Crippen molar-refractivity contribution in [3.05, 3.63) is 52.5 Å². The van der Waals surface area contributed by atoms with Gasteiger partial charge in [-0.2, -0.15) is 0 Å². The molecule has 20 heavy (non-hydrogen) atoms. The van der Waals surface area contributed by atoms with Gasteiger partial charge in [0.1, 0.15) is 11.3 Å². The lowest BCUT2D eigenvalue weighted by Crippen LogP contribution is -2.14. The standard InChI is InChI=1S/C16H16O4/c1-4-19-16(18)14-11(3)20-13(15(14)17)9-12-7-5-10(2)6-8-12/h5-9H,4H2,1-3H3/b13-9-. The molecule has 0 bridgehead atoms. The molecule has 4 nitrogen and oxygen atoms in total. The molecule has 2 rings (SSSR count). The molecule has 4 heteroatoms. The number of esters is 1. The number of aryl methyl sites for hydroxylation is 1. The number of hydrogen-bond acceptors (Lipinski definition) is 4. The summed E-state index contributed by atoms with van der Waals surface area (Å²) < 4.78 is 10.2. The Kier molecular flexibility index (Phi) is 4.03. The molecular formula is C16H16O4. The molecule has 0 aromatic heterocycles. The normalized spacial score (nSPS) is 16.6. The first kappa shape index (κ1) is 14.1. The third kappa shape index (κ3) is 2.79. The second-order valence-electron chi connectivity index (χ2n) is 4.50. The highest BCUT2D eigenvalue weighted by molar-refractivity contribution is 6.26. The van der Waals surface area contributed by atoms with Crippen molar-refractivity contribution in [2.75, 3.05) is 6.61 Å². The van der Waals surface area contributed by atoms with Crippen molar-refractivity contribution in [3.63, 3.8) is 0 Å². The Morgan fingerprint density at radius 3 is 2.50 bits per heavy atom. The zero-order valence-electron chi connectivity index (χ0n) is 11.7. The van der Waals surface area contributed by atoms with Gasteiger partial charge in [0.2, 0.25) is 5.78 Å². The lowest BCUT2D eigenvalue weighted by Gasteiger charge is -2.00. The second-order valence-corrected chi connectivity index (χ2v) is 4.50. The topological polar surface area (TPSA) is 52.6 Å². The fourth-order valence-corrected chi connectivity index (χ4v) is 1.89. The van der Waals surface area contributed by atoms with E-state index in [9.17, 15) is 9.59 Å². The smallest absolute Gasteiger partial charge is 0.345 e. The third-order valence-corrected chi connectivity index (χ3v) is 2.92. The molecule has 0 spiro atoms. The summed E-state index contributed by atoms with van der Waals surface area (Å²) in [4.78, 5) is 23.9. The fraction of sp³-hybridized carbons (Fsp3) is 0.250. The number of Topliss-reactive ketones (excluding diaryl/α,β-unsaturated/α-hetero) is 1. The maximum absolute atomic E-state index is 12.2. The molecule has 0 unspecified atom stereocenters. The van der Waals surface area contributed by atoms with Crippen molar-refractivity contribution < 1.29 is 19.1 Å². The molecule has 1 aromatic carbocycles. The molecule has 1 aromatic rings. The summed E-state index contributed by atoms with van der Waals surface area (Å²) in [6.45, 7) is 5.48. The number of rotatable bonds is 3. The van der Waals surface area contributed by atoms with Crippen LogP contribution in [0.15, 0.2) is 41.4 Å². The Balaban J connectivity index is 2.24. The molecule has 0 saturated carbocycles. The lowest BCUT2D eigenvalue weighted by molar-refractivity contribution is -0.139. The number of carbonyl (C=O) groups is 2. The van der Waals surface area contributed by atoms with Crippen LogP contribution in [0.3, 0.4) is 0 Å². The summed E-state index contributed by atoms with van der Waals surface area (Å²) in [7, 11) is 0. The van der Waals surface area contributed by atoms with Crippen LogP contribution in [0.5, 0.6) is 0 Å². The van der Waals surface area contributed by atoms with Crippen LogP contribution in [0.4, 0.5) is 0 Å². The maximum Gasteiger partial charge on any atom is 0.345 e. The number of hydrogen-bond donors (Lipinski definition) is 0. The highest BCUT2D eigenvalue weighted by Crippen LogP contribution is 2.27. The van der Waals surface area contributed by atoms with Crippen LogP contribution >= 0.6 is 0 Å². The summed E-state index contributed by atoms with van der Waals surface area (Å²) in [5.74, 6) is -0.634. The molecule has 0 radical (unpaired) electrons. The number of allylic oxidation sites excluding steroid dienone is 2. The van der Waals surface area contributed by atoms with Gasteiger partial charge in [0.05, 0.1) is 6.61 Å². The minimum atomic E-state index is -0.637. The van der Waals surface area contributed by atoms with Crippen LogP contribution in [0.25, 0.3) is 6.08 Å². The van der Waals surface area contributed by atoms with Gasteiger partial charge in [0.25, 0.3) is 0 Å². The van der Waals surface area contributed by atoms with Crippen LogP contribution in [0.1, 0.15) is 25.0 Å². The quantitative estimate of drug-likeness (QED) is 0.482. The predicted octanol–water partition coefficient (Wildman–Crippen LogP) is 2.77. The van der Waals surface area contributed by atoms with Gasteiger partial charge in [-0.15, -0.1) is 0 Å². The Hall–Kier alpha value is -2.36. The van der Waals surface area contributed by atoms with Crippen LogP contribution in [0.2, 0.25) is 0 Å². The molecule has 0 aliphatic carbocycles. The van der Waals surface area contributed by atoms with E-state index in [2.05, 4.69) is 0 Å². The van der Waals surface area contributed by atoms with Crippen molar-refractivity contribution in [1.29, 1.82) is 0 Å². The second kappa shape index (κ2) is 5.74. The van der Waals surface area contributed by atoms with E-state index in [1.54, 1.807) is 19.9 Å². The van der Waals surface area contributed by atoms with Gasteiger partial charge in [-0.25, -0.2) is 4.79 Å². The van der Waals surface area contributed by atoms with Crippen LogP contribution in [0, 0.1) is 6.92 Å². The molecule has 104 valence electrons. The summed E-state index contributed by atoms with van der Waals surface area (Å²) >= 11 is 0. The number of ether oxygens (including phenoxy) is 2. The minimum Gasteiger partial charge on any atom is -0.462 e. The SMILES string of the molecule is CCOC(=O)C1=C(C)O/C(=C\c2ccc(C)cc2)C1=O. The maximum atomic E-state index is 12.2. The van der Waals surface area contributed by atoms with Gasteiger partial charge in [-0.05, 0) is 32.4 Å². The van der Waals surface area contributed by atoms with E-state index in [0.29, 0.717) is 0 Å². The monoisotopic (exact) mass is 272 g/mol. The average molecular weight is 272 g/mol. The Morgan fingerprint density at radius 1 is 1.25 bits per heavy atom. The predicted molar refractivity (Wildman–Crippen MR) is 74.6 cm³/mol. The Morgan fingerprint density at radius 2 is 1.90 bits per heavy atom. The first-order valence-corrected chi connectivity index (χ1v) is 6.42. The number of carbonyl (C=O) groups excluding carboxylic acids is 2. The number of ketones is 1. The van der Waals surface area contributed by atoms with E-state index in [-0.39, 0.29) is 23.7 Å². The highest BCUT2D eigenvalue weighted by Gasteiger charge is 2.34. The van der Waals surface area contributed by atoms with Gasteiger partial charge in [0.15, 0.2) is 5.76 Å². The van der Waals surface area contributed by atoms with Crippen molar-refractivity contribution in [1.82, 2.24) is 0 Å². The molecule has 1 aliphatic rings. The van der Waals surface area contributed by atoms with E-state index < -0.39 is 11.8 Å². The van der Waals surface area contributed by atoms with E-state index in [1.807, 2.05) is 31.2 Å². The van der Waals surface area contributed by atoms with E-state index in [4.69, 9.17) is 9.47 Å². The van der Waals surface area contributed by atoms with Crippen molar-refractivity contribution in [3.8, 4) is 0 Å².